The van der Waals surface area contributed by atoms with Gasteiger partial charge in [0.2, 0.25) is 0 Å². The Balaban J connectivity index is 1.83. The van der Waals surface area contributed by atoms with E-state index in [1.165, 1.54) is 19.3 Å². The fourth-order valence-electron chi connectivity index (χ4n) is 3.97. The van der Waals surface area contributed by atoms with Crippen LogP contribution in [0.4, 0.5) is 0 Å². The topological polar surface area (TPSA) is 0 Å². The van der Waals surface area contributed by atoms with Gasteiger partial charge >= 0.3 is 111 Å². The van der Waals surface area contributed by atoms with E-state index >= 15 is 0 Å². The summed E-state index contributed by atoms with van der Waals surface area (Å²) in [5, 5.41) is 0. The summed E-state index contributed by atoms with van der Waals surface area (Å²) in [6.45, 7) is 7.60. The van der Waals surface area contributed by atoms with Crippen LogP contribution in [0.15, 0.2) is 30.3 Å². The summed E-state index contributed by atoms with van der Waals surface area (Å²) in [4.78, 5) is 0.964. The first kappa shape index (κ1) is 11.8. The molecule has 0 radical (unpaired) electrons. The van der Waals surface area contributed by atoms with Crippen molar-refractivity contribution in [2.24, 2.45) is 16.7 Å². The Labute approximate surface area is 111 Å². The zero-order valence-electron chi connectivity index (χ0n) is 11.1. The zero-order valence-corrected chi connectivity index (χ0v) is 12.8. The molecule has 0 spiro atoms. The van der Waals surface area contributed by atoms with Crippen LogP contribution in [0, 0.1) is 16.7 Å². The van der Waals surface area contributed by atoms with E-state index < -0.39 is 0 Å². The molecule has 2 fully saturated rings. The second-order valence-electron chi connectivity index (χ2n) is 6.53. The van der Waals surface area contributed by atoms with Gasteiger partial charge in [0.25, 0.3) is 0 Å². The fraction of sp³-hybridized carbons (Fsp3) is 0.625. The van der Waals surface area contributed by atoms with Crippen LogP contribution in [-0.4, -0.2) is 15.0 Å². The van der Waals surface area contributed by atoms with Crippen LogP contribution in [0.3, 0.4) is 0 Å². The molecule has 0 aliphatic heterocycles. The molecular formula is C16H22Se. The van der Waals surface area contributed by atoms with E-state index in [0.29, 0.717) is 25.8 Å². The van der Waals surface area contributed by atoms with Crippen molar-refractivity contribution in [2.75, 3.05) is 0 Å². The summed E-state index contributed by atoms with van der Waals surface area (Å²) in [6, 6.07) is 11.2. The van der Waals surface area contributed by atoms with Gasteiger partial charge in [0.1, 0.15) is 0 Å². The van der Waals surface area contributed by atoms with Gasteiger partial charge in [0, 0.05) is 0 Å². The van der Waals surface area contributed by atoms with Gasteiger partial charge in [-0.25, -0.2) is 0 Å². The van der Waals surface area contributed by atoms with Crippen LogP contribution in [-0.2, 0) is 0 Å². The molecule has 1 aromatic rings. The summed E-state index contributed by atoms with van der Waals surface area (Å²) in [5.74, 6) is 0.989. The van der Waals surface area contributed by atoms with Crippen LogP contribution in [0.5, 0.6) is 0 Å². The van der Waals surface area contributed by atoms with Crippen LogP contribution in [0.25, 0.3) is 0 Å². The Morgan fingerprint density at radius 2 is 1.82 bits per heavy atom. The van der Waals surface area contributed by atoms with Gasteiger partial charge < -0.3 is 0 Å². The Kier molecular flexibility index (Phi) is 2.69. The molecule has 0 N–H and O–H groups in total. The number of rotatable bonds is 2. The van der Waals surface area contributed by atoms with E-state index in [2.05, 4.69) is 51.1 Å². The fourth-order valence-corrected chi connectivity index (χ4v) is 7.44. The van der Waals surface area contributed by atoms with E-state index in [9.17, 15) is 0 Å². The normalized spacial score (nSPS) is 38.5. The first-order valence-electron chi connectivity index (χ1n) is 6.76. The minimum atomic E-state index is 0.578. The van der Waals surface area contributed by atoms with Gasteiger partial charge in [0.15, 0.2) is 0 Å². The summed E-state index contributed by atoms with van der Waals surface area (Å²) < 4.78 is 1.59. The van der Waals surface area contributed by atoms with E-state index in [0.717, 1.165) is 10.7 Å². The molecule has 17 heavy (non-hydrogen) atoms. The van der Waals surface area contributed by atoms with E-state index in [1.54, 1.807) is 4.46 Å². The number of fused-ring (bicyclic) bond motifs is 2. The second-order valence-corrected chi connectivity index (χ2v) is 9.21. The van der Waals surface area contributed by atoms with Crippen molar-refractivity contribution < 1.29 is 0 Å². The summed E-state index contributed by atoms with van der Waals surface area (Å²) in [5.41, 5.74) is 1.18. The molecule has 0 aromatic heterocycles. The predicted molar refractivity (Wildman–Crippen MR) is 74.8 cm³/mol. The monoisotopic (exact) mass is 294 g/mol. The number of hydrogen-bond donors (Lipinski definition) is 0. The first-order chi connectivity index (χ1) is 8.04. The van der Waals surface area contributed by atoms with E-state index in [1.807, 2.05) is 0 Å². The quantitative estimate of drug-likeness (QED) is 0.730. The number of hydrogen-bond acceptors (Lipinski definition) is 0. The van der Waals surface area contributed by atoms with Crippen LogP contribution >= 0.6 is 0 Å². The summed E-state index contributed by atoms with van der Waals surface area (Å²) in [6.07, 6.45) is 4.42. The molecular weight excluding hydrogens is 271 g/mol. The third kappa shape index (κ3) is 1.63. The molecule has 0 saturated heterocycles. The summed E-state index contributed by atoms with van der Waals surface area (Å²) in [7, 11) is 0. The van der Waals surface area contributed by atoms with Gasteiger partial charge in [0.05, 0.1) is 0 Å². The van der Waals surface area contributed by atoms with Crippen molar-refractivity contribution >= 4 is 19.4 Å². The summed E-state index contributed by atoms with van der Waals surface area (Å²) >= 11 is 0.669. The van der Waals surface area contributed by atoms with E-state index in [4.69, 9.17) is 0 Å². The van der Waals surface area contributed by atoms with E-state index in [-0.39, 0.29) is 0 Å². The average Bonchev–Trinajstić information content (AvgIpc) is 2.63. The molecule has 2 bridgehead atoms. The standard InChI is InChI=1S/C16H22Se/c1-15(2)12-9-10-16(15,3)14(11-12)17-13-7-5-4-6-8-13/h4-8,12,14H,9-11H2,1-3H3/t12?,14-,16?/m1/s1. The molecule has 2 aliphatic rings. The van der Waals surface area contributed by atoms with Crippen LogP contribution < -0.4 is 4.46 Å². The Morgan fingerprint density at radius 1 is 1.12 bits per heavy atom. The van der Waals surface area contributed by atoms with Gasteiger partial charge in [-0.1, -0.05) is 0 Å². The van der Waals surface area contributed by atoms with Crippen molar-refractivity contribution in [3.05, 3.63) is 30.3 Å². The van der Waals surface area contributed by atoms with Gasteiger partial charge in [-0.2, -0.15) is 0 Å². The Morgan fingerprint density at radius 3 is 2.35 bits per heavy atom. The minimum absolute atomic E-state index is 0.578. The van der Waals surface area contributed by atoms with Gasteiger partial charge in [-0.3, -0.25) is 0 Å². The van der Waals surface area contributed by atoms with Crippen molar-refractivity contribution in [3.8, 4) is 0 Å². The third-order valence-corrected chi connectivity index (χ3v) is 8.97. The molecule has 92 valence electrons. The van der Waals surface area contributed by atoms with Gasteiger partial charge in [-0.15, -0.1) is 0 Å². The van der Waals surface area contributed by atoms with Gasteiger partial charge in [-0.05, 0) is 0 Å². The van der Waals surface area contributed by atoms with Crippen LogP contribution in [0.2, 0.25) is 4.82 Å². The molecule has 1 aromatic carbocycles. The zero-order chi connectivity index (χ0) is 12.1. The second kappa shape index (κ2) is 3.87. The molecule has 0 nitrogen and oxygen atoms in total. The van der Waals surface area contributed by atoms with Crippen LogP contribution in [0.1, 0.15) is 40.0 Å². The third-order valence-electron chi connectivity index (χ3n) is 5.74. The molecule has 3 atom stereocenters. The maximum absolute atomic E-state index is 2.56. The molecule has 0 amide bonds. The predicted octanol–water partition coefficient (Wildman–Crippen LogP) is 3.65. The van der Waals surface area contributed by atoms with Crippen molar-refractivity contribution in [2.45, 2.75) is 44.9 Å². The number of benzene rings is 1. The molecule has 0 heterocycles. The molecule has 1 heteroatoms. The molecule has 3 rings (SSSR count). The molecule has 2 unspecified atom stereocenters. The Hall–Kier alpha value is -0.261. The molecule has 2 aliphatic carbocycles. The SMILES string of the molecule is CC1(C)C2CCC1(C)[C@H]([Se]c1ccccc1)C2. The first-order valence-corrected chi connectivity index (χ1v) is 8.60. The van der Waals surface area contributed by atoms with Crippen molar-refractivity contribution in [3.63, 3.8) is 0 Å². The Bertz CT molecular complexity index is 409. The molecule has 2 saturated carbocycles. The van der Waals surface area contributed by atoms with Crippen molar-refractivity contribution in [1.29, 1.82) is 0 Å². The average molecular weight is 293 g/mol. The maximum atomic E-state index is 2.56. The van der Waals surface area contributed by atoms with Crippen molar-refractivity contribution in [1.82, 2.24) is 0 Å².